The summed E-state index contributed by atoms with van der Waals surface area (Å²) in [5.41, 5.74) is 0.895. The van der Waals surface area contributed by atoms with E-state index in [0.717, 1.165) is 21.0 Å². The van der Waals surface area contributed by atoms with Gasteiger partial charge in [0.2, 0.25) is 5.91 Å². The minimum absolute atomic E-state index is 0.187. The van der Waals surface area contributed by atoms with E-state index in [4.69, 9.17) is 0 Å². The highest BCUT2D eigenvalue weighted by Crippen LogP contribution is 2.41. The Kier molecular flexibility index (Phi) is 4.31. The van der Waals surface area contributed by atoms with E-state index in [1.165, 1.54) is 13.2 Å². The number of carbonyl (C=O) groups excluding carboxylic acids is 2. The highest BCUT2D eigenvalue weighted by molar-refractivity contribution is 7.93. The molecule has 0 radical (unpaired) electrons. The Balaban J connectivity index is 1.61. The lowest BCUT2D eigenvalue weighted by Gasteiger charge is -2.17. The summed E-state index contributed by atoms with van der Waals surface area (Å²) in [4.78, 5) is 28.8. The van der Waals surface area contributed by atoms with Gasteiger partial charge in [0.1, 0.15) is 11.4 Å². The monoisotopic (exact) mass is 417 g/mol. The Morgan fingerprint density at radius 2 is 1.93 bits per heavy atom. The molecule has 1 N–H and O–H groups in total. The second kappa shape index (κ2) is 6.57. The molecular formula is C18H15N3O5S2. The molecule has 10 heteroatoms. The Bertz CT molecular complexity index is 1230. The number of methoxy groups -OCH3 is 1. The molecule has 0 spiro atoms. The van der Waals surface area contributed by atoms with Gasteiger partial charge >= 0.3 is 5.97 Å². The molecule has 1 aliphatic rings. The second-order valence-electron chi connectivity index (χ2n) is 6.12. The molecule has 1 amide bonds. The lowest BCUT2D eigenvalue weighted by Crippen LogP contribution is -2.35. The normalized spacial score (nSPS) is 14.3. The molecule has 0 aliphatic carbocycles. The molecule has 2 heterocycles. The molecule has 0 fully saturated rings. The van der Waals surface area contributed by atoms with Crippen LogP contribution in [-0.4, -0.2) is 38.9 Å². The first-order valence-electron chi connectivity index (χ1n) is 8.23. The van der Waals surface area contributed by atoms with Crippen LogP contribution >= 0.6 is 11.3 Å². The maximum absolute atomic E-state index is 12.9. The SMILES string of the molecule is COC(=O)c1sc(NC(=O)CN2c3cccc4cccc(c34)S2(=O)=O)nc1C. The van der Waals surface area contributed by atoms with Crippen molar-refractivity contribution < 1.29 is 22.7 Å². The number of hydrogen-bond acceptors (Lipinski definition) is 7. The van der Waals surface area contributed by atoms with E-state index in [1.807, 2.05) is 12.1 Å². The molecule has 2 aromatic carbocycles. The number of hydrogen-bond donors (Lipinski definition) is 1. The van der Waals surface area contributed by atoms with E-state index in [1.54, 1.807) is 25.1 Å². The summed E-state index contributed by atoms with van der Waals surface area (Å²) in [6, 6.07) is 10.3. The highest BCUT2D eigenvalue weighted by Gasteiger charge is 2.36. The van der Waals surface area contributed by atoms with Gasteiger partial charge in [-0.1, -0.05) is 35.6 Å². The number of nitrogens with zero attached hydrogens (tertiary/aromatic N) is 2. The third kappa shape index (κ3) is 2.81. The number of aryl methyl sites for hydroxylation is 1. The van der Waals surface area contributed by atoms with Crippen molar-refractivity contribution in [1.29, 1.82) is 0 Å². The van der Waals surface area contributed by atoms with Crippen molar-refractivity contribution in [3.63, 3.8) is 0 Å². The Hall–Kier alpha value is -2.98. The zero-order chi connectivity index (χ0) is 20.1. The third-order valence-corrected chi connectivity index (χ3v) is 7.24. The van der Waals surface area contributed by atoms with Crippen LogP contribution in [0.15, 0.2) is 41.3 Å². The van der Waals surface area contributed by atoms with Crippen molar-refractivity contribution in [3.8, 4) is 0 Å². The molecule has 8 nitrogen and oxygen atoms in total. The molecule has 0 saturated carbocycles. The van der Waals surface area contributed by atoms with Gasteiger partial charge in [0.25, 0.3) is 10.0 Å². The van der Waals surface area contributed by atoms with Gasteiger partial charge in [-0.2, -0.15) is 0 Å². The van der Waals surface area contributed by atoms with Crippen LogP contribution in [0, 0.1) is 6.92 Å². The Labute approximate surface area is 164 Å². The van der Waals surface area contributed by atoms with Gasteiger partial charge in [0.15, 0.2) is 5.13 Å². The van der Waals surface area contributed by atoms with Gasteiger partial charge in [-0.15, -0.1) is 0 Å². The van der Waals surface area contributed by atoms with Crippen LogP contribution in [0.2, 0.25) is 0 Å². The lowest BCUT2D eigenvalue weighted by atomic mass is 10.1. The molecule has 1 aliphatic heterocycles. The molecular weight excluding hydrogens is 402 g/mol. The largest absolute Gasteiger partial charge is 0.465 e. The van der Waals surface area contributed by atoms with Crippen molar-refractivity contribution in [3.05, 3.63) is 47.0 Å². The maximum Gasteiger partial charge on any atom is 0.350 e. The van der Waals surface area contributed by atoms with Crippen molar-refractivity contribution in [1.82, 2.24) is 4.98 Å². The van der Waals surface area contributed by atoms with Crippen LogP contribution in [0.5, 0.6) is 0 Å². The first-order chi connectivity index (χ1) is 13.3. The first-order valence-corrected chi connectivity index (χ1v) is 10.5. The van der Waals surface area contributed by atoms with E-state index in [-0.39, 0.29) is 14.9 Å². The zero-order valence-electron chi connectivity index (χ0n) is 14.9. The molecule has 28 heavy (non-hydrogen) atoms. The number of esters is 1. The van der Waals surface area contributed by atoms with Crippen molar-refractivity contribution in [2.75, 3.05) is 23.3 Å². The number of anilines is 2. The van der Waals surface area contributed by atoms with Crippen molar-refractivity contribution in [2.24, 2.45) is 0 Å². The molecule has 0 atom stereocenters. The Morgan fingerprint density at radius 3 is 2.64 bits per heavy atom. The van der Waals surface area contributed by atoms with Crippen molar-refractivity contribution in [2.45, 2.75) is 11.8 Å². The van der Waals surface area contributed by atoms with Gasteiger partial charge in [-0.25, -0.2) is 18.2 Å². The number of rotatable bonds is 4. The summed E-state index contributed by atoms with van der Waals surface area (Å²) in [7, 11) is -2.56. The first kappa shape index (κ1) is 18.4. The maximum atomic E-state index is 12.9. The number of ether oxygens (including phenoxy) is 1. The molecule has 144 valence electrons. The number of aromatic nitrogens is 1. The topological polar surface area (TPSA) is 106 Å². The molecule has 0 saturated heterocycles. The zero-order valence-corrected chi connectivity index (χ0v) is 16.6. The van der Waals surface area contributed by atoms with Gasteiger partial charge < -0.3 is 10.1 Å². The summed E-state index contributed by atoms with van der Waals surface area (Å²) >= 11 is 0.974. The van der Waals surface area contributed by atoms with Crippen LogP contribution in [-0.2, 0) is 19.6 Å². The van der Waals surface area contributed by atoms with Crippen LogP contribution in [0.4, 0.5) is 10.8 Å². The second-order valence-corrected chi connectivity index (χ2v) is 8.95. The van der Waals surface area contributed by atoms with E-state index in [2.05, 4.69) is 15.0 Å². The summed E-state index contributed by atoms with van der Waals surface area (Å²) in [5.74, 6) is -1.10. The summed E-state index contributed by atoms with van der Waals surface area (Å²) in [6.45, 7) is 1.23. The average molecular weight is 417 g/mol. The van der Waals surface area contributed by atoms with Gasteiger partial charge in [-0.3, -0.25) is 9.10 Å². The predicted molar refractivity (Wildman–Crippen MR) is 105 cm³/mol. The summed E-state index contributed by atoms with van der Waals surface area (Å²) in [5, 5.41) is 4.16. The van der Waals surface area contributed by atoms with Gasteiger partial charge in [-0.05, 0) is 24.4 Å². The summed E-state index contributed by atoms with van der Waals surface area (Å²) in [6.07, 6.45) is 0. The smallest absolute Gasteiger partial charge is 0.350 e. The van der Waals surface area contributed by atoms with Crippen LogP contribution < -0.4 is 9.62 Å². The molecule has 1 aromatic heterocycles. The fourth-order valence-electron chi connectivity index (χ4n) is 3.15. The number of benzene rings is 2. The fraction of sp³-hybridized carbons (Fsp3) is 0.167. The molecule has 3 aromatic rings. The standard InChI is InChI=1S/C18H15N3O5S2/c1-10-16(17(23)26-2)27-18(19-10)20-14(22)9-21-12-7-3-5-11-6-4-8-13(15(11)12)28(21,24)25/h3-8H,9H2,1-2H3,(H,19,20,22). The average Bonchev–Trinajstić information content (AvgIpc) is 3.13. The minimum Gasteiger partial charge on any atom is -0.465 e. The highest BCUT2D eigenvalue weighted by atomic mass is 32.2. The van der Waals surface area contributed by atoms with Gasteiger partial charge in [0.05, 0.1) is 23.4 Å². The minimum atomic E-state index is -3.82. The Morgan fingerprint density at radius 1 is 1.21 bits per heavy atom. The third-order valence-electron chi connectivity index (χ3n) is 4.38. The number of carbonyl (C=O) groups is 2. The van der Waals surface area contributed by atoms with E-state index in [9.17, 15) is 18.0 Å². The number of amides is 1. The molecule has 0 bridgehead atoms. The molecule has 4 rings (SSSR count). The van der Waals surface area contributed by atoms with Crippen LogP contribution in [0.3, 0.4) is 0 Å². The van der Waals surface area contributed by atoms with E-state index < -0.39 is 28.4 Å². The quantitative estimate of drug-likeness (QED) is 0.654. The lowest BCUT2D eigenvalue weighted by molar-refractivity contribution is -0.114. The molecule has 0 unspecified atom stereocenters. The van der Waals surface area contributed by atoms with Crippen molar-refractivity contribution >= 4 is 54.8 Å². The van der Waals surface area contributed by atoms with Gasteiger partial charge in [0, 0.05) is 5.39 Å². The van der Waals surface area contributed by atoms with Crippen LogP contribution in [0.25, 0.3) is 10.8 Å². The predicted octanol–water partition coefficient (Wildman–Crippen LogP) is 2.54. The number of nitrogens with one attached hydrogen (secondary N) is 1. The summed E-state index contributed by atoms with van der Waals surface area (Å²) < 4.78 is 31.6. The van der Waals surface area contributed by atoms with E-state index >= 15 is 0 Å². The fourth-order valence-corrected chi connectivity index (χ4v) is 5.72. The van der Waals surface area contributed by atoms with E-state index in [0.29, 0.717) is 16.8 Å². The number of thiazole rings is 1. The number of sulfonamides is 1. The van der Waals surface area contributed by atoms with Crippen LogP contribution in [0.1, 0.15) is 15.4 Å².